The van der Waals surface area contributed by atoms with Crippen molar-refractivity contribution in [1.82, 2.24) is 35.6 Å². The fraction of sp³-hybridized carbons (Fsp3) is 0.450. The zero-order chi connectivity index (χ0) is 24.5. The van der Waals surface area contributed by atoms with E-state index in [1.54, 1.807) is 18.2 Å². The molecule has 2 heterocycles. The average Bonchev–Trinajstić information content (AvgIpc) is 3.14. The van der Waals surface area contributed by atoms with Crippen molar-refractivity contribution >= 4 is 22.8 Å². The number of carbonyl (C=O) groups excluding carboxylic acids is 2. The summed E-state index contributed by atoms with van der Waals surface area (Å²) in [6.45, 7) is 0.0275. The number of amides is 2. The Morgan fingerprint density at radius 2 is 1.97 bits per heavy atom. The largest absolute Gasteiger partial charge is 0.389 e. The van der Waals surface area contributed by atoms with Gasteiger partial charge in [0.25, 0.3) is 11.8 Å². The summed E-state index contributed by atoms with van der Waals surface area (Å²) in [6.07, 6.45) is -5.22. The first-order valence-corrected chi connectivity index (χ1v) is 10.4. The first-order chi connectivity index (χ1) is 16.0. The van der Waals surface area contributed by atoms with Crippen LogP contribution in [0.15, 0.2) is 24.4 Å². The third-order valence-corrected chi connectivity index (χ3v) is 5.25. The summed E-state index contributed by atoms with van der Waals surface area (Å²) in [7, 11) is 0. The molecule has 34 heavy (non-hydrogen) atoms. The second-order valence-electron chi connectivity index (χ2n) is 8.06. The fourth-order valence-electron chi connectivity index (χ4n) is 3.26. The zero-order valence-corrected chi connectivity index (χ0v) is 17.6. The molecule has 14 heteroatoms. The van der Waals surface area contributed by atoms with Crippen molar-refractivity contribution in [3.05, 3.63) is 41.5 Å². The monoisotopic (exact) mass is 485 g/mol. The molecule has 3 N–H and O–H groups in total. The number of nitrogens with zero attached hydrogens (tertiary/aromatic N) is 4. The van der Waals surface area contributed by atoms with Gasteiger partial charge < -0.3 is 15.6 Å². The summed E-state index contributed by atoms with van der Waals surface area (Å²) in [5.74, 6) is -4.33. The van der Waals surface area contributed by atoms with Crippen molar-refractivity contribution in [2.24, 2.45) is 5.92 Å². The maximum atomic E-state index is 13.0. The van der Waals surface area contributed by atoms with Crippen LogP contribution in [-0.4, -0.2) is 48.9 Å². The first kappa shape index (κ1) is 23.6. The molecule has 2 aromatic heterocycles. The number of hydrogen-bond donors (Lipinski definition) is 3. The molecule has 1 aliphatic rings. The Kier molecular flexibility index (Phi) is 6.23. The smallest absolute Gasteiger partial charge is 0.352 e. The summed E-state index contributed by atoms with van der Waals surface area (Å²) >= 11 is 0. The second-order valence-corrected chi connectivity index (χ2v) is 8.06. The van der Waals surface area contributed by atoms with Crippen molar-refractivity contribution in [3.63, 3.8) is 0 Å². The molecule has 1 unspecified atom stereocenters. The molecule has 1 saturated carbocycles. The van der Waals surface area contributed by atoms with Gasteiger partial charge in [0.15, 0.2) is 5.69 Å². The highest BCUT2D eigenvalue weighted by Crippen LogP contribution is 2.49. The Balaban J connectivity index is 1.28. The molecule has 2 amide bonds. The lowest BCUT2D eigenvalue weighted by Crippen LogP contribution is -2.24. The number of hydrogen-bond acceptors (Lipinski definition) is 5. The summed E-state index contributed by atoms with van der Waals surface area (Å²) < 4.78 is 62.6. The van der Waals surface area contributed by atoms with Crippen molar-refractivity contribution in [3.8, 4) is 0 Å². The van der Waals surface area contributed by atoms with Crippen LogP contribution in [-0.2, 0) is 24.4 Å². The minimum absolute atomic E-state index is 0.0105. The topological polar surface area (TPSA) is 118 Å². The van der Waals surface area contributed by atoms with Gasteiger partial charge in [-0.25, -0.2) is 13.8 Å². The molecule has 1 aromatic carbocycles. The van der Waals surface area contributed by atoms with Crippen molar-refractivity contribution in [1.29, 1.82) is 0 Å². The maximum absolute atomic E-state index is 13.0. The number of fused-ring (bicyclic) bond motifs is 1. The predicted molar refractivity (Wildman–Crippen MR) is 107 cm³/mol. The number of H-pyrrole nitrogens is 1. The van der Waals surface area contributed by atoms with E-state index >= 15 is 0 Å². The second kappa shape index (κ2) is 8.99. The Morgan fingerprint density at radius 1 is 1.21 bits per heavy atom. The summed E-state index contributed by atoms with van der Waals surface area (Å²) in [5, 5.41) is 12.8. The maximum Gasteiger partial charge on any atom is 0.389 e. The predicted octanol–water partition coefficient (Wildman–Crippen LogP) is 2.70. The molecule has 9 nitrogen and oxygen atoms in total. The highest BCUT2D eigenvalue weighted by molar-refractivity contribution is 5.91. The standard InChI is InChI=1S/C20H20F5N7O2/c21-19(22)6-12(19)10-32-28-8-15(31-32)18(34)27-9-16-29-13-2-1-11(5-14(13)30-16)7-26-17(33)3-4-20(23,24)25/h1-2,5,8,12H,3-4,6-7,9-10H2,(H,26,33)(H,27,34)(H,29,30). The molecule has 0 spiro atoms. The van der Waals surface area contributed by atoms with Crippen molar-refractivity contribution in [2.75, 3.05) is 0 Å². The normalized spacial score (nSPS) is 17.0. The van der Waals surface area contributed by atoms with E-state index in [0.29, 0.717) is 22.4 Å². The first-order valence-electron chi connectivity index (χ1n) is 10.4. The summed E-state index contributed by atoms with van der Waals surface area (Å²) in [6, 6.07) is 5.04. The number of rotatable bonds is 9. The lowest BCUT2D eigenvalue weighted by atomic mass is 10.2. The molecular formula is C20H20F5N7O2. The molecule has 4 rings (SSSR count). The number of alkyl halides is 5. The van der Waals surface area contributed by atoms with Crippen LogP contribution in [0.1, 0.15) is 41.1 Å². The molecule has 1 fully saturated rings. The van der Waals surface area contributed by atoms with Gasteiger partial charge in [0.05, 0.1) is 36.7 Å². The minimum Gasteiger partial charge on any atom is -0.352 e. The van der Waals surface area contributed by atoms with Gasteiger partial charge in [-0.3, -0.25) is 9.59 Å². The van der Waals surface area contributed by atoms with Gasteiger partial charge in [-0.05, 0) is 17.7 Å². The lowest BCUT2D eigenvalue weighted by molar-refractivity contribution is -0.144. The zero-order valence-electron chi connectivity index (χ0n) is 17.6. The highest BCUT2D eigenvalue weighted by Gasteiger charge is 2.57. The Morgan fingerprint density at radius 3 is 2.68 bits per heavy atom. The van der Waals surface area contributed by atoms with Crippen LogP contribution in [0.3, 0.4) is 0 Å². The summed E-state index contributed by atoms with van der Waals surface area (Å²) in [5.41, 5.74) is 1.85. The van der Waals surface area contributed by atoms with Crippen molar-refractivity contribution in [2.45, 2.75) is 51.0 Å². The fourth-order valence-corrected chi connectivity index (χ4v) is 3.26. The molecule has 1 atom stereocenters. The molecule has 3 aromatic rings. The van der Waals surface area contributed by atoms with Crippen LogP contribution >= 0.6 is 0 Å². The SMILES string of the molecule is O=C(CCC(F)(F)F)NCc1ccc2nc(CNC(=O)c3cnn(CC4CC4(F)F)n3)[nH]c2c1. The molecule has 0 aliphatic heterocycles. The van der Waals surface area contributed by atoms with Crippen LogP contribution in [0.2, 0.25) is 0 Å². The van der Waals surface area contributed by atoms with E-state index in [9.17, 15) is 31.5 Å². The molecule has 1 aliphatic carbocycles. The third-order valence-electron chi connectivity index (χ3n) is 5.25. The molecule has 0 bridgehead atoms. The van der Waals surface area contributed by atoms with Gasteiger partial charge >= 0.3 is 6.18 Å². The highest BCUT2D eigenvalue weighted by atomic mass is 19.4. The van der Waals surface area contributed by atoms with Gasteiger partial charge in [0.1, 0.15) is 5.82 Å². The van der Waals surface area contributed by atoms with Crippen LogP contribution in [0.4, 0.5) is 22.0 Å². The number of nitrogens with one attached hydrogen (secondary N) is 3. The van der Waals surface area contributed by atoms with Crippen LogP contribution in [0, 0.1) is 5.92 Å². The van der Waals surface area contributed by atoms with E-state index in [4.69, 9.17) is 0 Å². The third kappa shape index (κ3) is 6.05. The van der Waals surface area contributed by atoms with E-state index in [1.807, 2.05) is 0 Å². The van der Waals surface area contributed by atoms with E-state index < -0.39 is 42.7 Å². The van der Waals surface area contributed by atoms with Gasteiger partial charge in [0.2, 0.25) is 5.91 Å². The quantitative estimate of drug-likeness (QED) is 0.403. The number of aromatic nitrogens is 5. The van der Waals surface area contributed by atoms with Crippen LogP contribution in [0.5, 0.6) is 0 Å². The molecule has 0 saturated heterocycles. The summed E-state index contributed by atoms with van der Waals surface area (Å²) in [4.78, 5) is 32.3. The Labute approximate surface area is 189 Å². The number of carbonyl (C=O) groups is 2. The van der Waals surface area contributed by atoms with Gasteiger partial charge in [-0.1, -0.05) is 6.07 Å². The number of imidazole rings is 1. The van der Waals surface area contributed by atoms with Crippen molar-refractivity contribution < 1.29 is 31.5 Å². The number of halogens is 5. The lowest BCUT2D eigenvalue weighted by Gasteiger charge is -2.07. The van der Waals surface area contributed by atoms with E-state index in [0.717, 1.165) is 4.80 Å². The van der Waals surface area contributed by atoms with Gasteiger partial charge in [-0.2, -0.15) is 23.1 Å². The van der Waals surface area contributed by atoms with Gasteiger partial charge in [0, 0.05) is 25.3 Å². The van der Waals surface area contributed by atoms with E-state index in [2.05, 4.69) is 30.8 Å². The molecule has 182 valence electrons. The van der Waals surface area contributed by atoms with E-state index in [1.165, 1.54) is 6.20 Å². The Hall–Kier alpha value is -3.58. The average molecular weight is 485 g/mol. The molecular weight excluding hydrogens is 465 g/mol. The van der Waals surface area contributed by atoms with E-state index in [-0.39, 0.29) is 31.7 Å². The van der Waals surface area contributed by atoms with Crippen LogP contribution < -0.4 is 10.6 Å². The van der Waals surface area contributed by atoms with Crippen LogP contribution in [0.25, 0.3) is 11.0 Å². The number of aromatic amines is 1. The van der Waals surface area contributed by atoms with Gasteiger partial charge in [-0.15, -0.1) is 5.10 Å². The Bertz CT molecular complexity index is 1200. The number of benzene rings is 1. The molecule has 0 radical (unpaired) electrons. The minimum atomic E-state index is -4.39.